The SMILES string of the molecule is CCCCCCCCCCOC(CO)CSCCCCCCc1ccccc1. The van der Waals surface area contributed by atoms with E-state index in [9.17, 15) is 5.11 Å². The molecule has 1 aromatic carbocycles. The van der Waals surface area contributed by atoms with Crippen LogP contribution in [0, 0.1) is 0 Å². The van der Waals surface area contributed by atoms with Gasteiger partial charge in [0.15, 0.2) is 0 Å². The first-order valence-corrected chi connectivity index (χ1v) is 12.9. The summed E-state index contributed by atoms with van der Waals surface area (Å²) in [6.07, 6.45) is 17.0. The van der Waals surface area contributed by atoms with Gasteiger partial charge >= 0.3 is 0 Å². The smallest absolute Gasteiger partial charge is 0.0895 e. The summed E-state index contributed by atoms with van der Waals surface area (Å²) in [5.74, 6) is 2.11. The van der Waals surface area contributed by atoms with Crippen molar-refractivity contribution in [2.75, 3.05) is 24.7 Å². The first kappa shape index (κ1) is 25.5. The van der Waals surface area contributed by atoms with Crippen molar-refractivity contribution in [1.29, 1.82) is 0 Å². The number of aliphatic hydroxyl groups excluding tert-OH is 1. The highest BCUT2D eigenvalue weighted by Crippen LogP contribution is 2.13. The summed E-state index contributed by atoms with van der Waals surface area (Å²) in [6, 6.07) is 10.8. The summed E-state index contributed by atoms with van der Waals surface area (Å²) in [5.41, 5.74) is 1.45. The lowest BCUT2D eigenvalue weighted by atomic mass is 10.1. The van der Waals surface area contributed by atoms with Gasteiger partial charge in [0.2, 0.25) is 0 Å². The largest absolute Gasteiger partial charge is 0.394 e. The van der Waals surface area contributed by atoms with E-state index < -0.39 is 0 Å². The number of aliphatic hydroxyl groups is 1. The minimum absolute atomic E-state index is 0.0210. The summed E-state index contributed by atoms with van der Waals surface area (Å²) in [6.45, 7) is 3.22. The first-order chi connectivity index (χ1) is 13.9. The van der Waals surface area contributed by atoms with E-state index in [0.29, 0.717) is 0 Å². The van der Waals surface area contributed by atoms with Crippen LogP contribution in [-0.2, 0) is 11.2 Å². The molecule has 1 rings (SSSR count). The van der Waals surface area contributed by atoms with E-state index in [1.165, 1.54) is 88.4 Å². The molecule has 0 aliphatic rings. The fourth-order valence-corrected chi connectivity index (χ4v) is 4.43. The van der Waals surface area contributed by atoms with Crippen molar-refractivity contribution in [1.82, 2.24) is 0 Å². The van der Waals surface area contributed by atoms with Gasteiger partial charge in [-0.25, -0.2) is 0 Å². The predicted octanol–water partition coefficient (Wildman–Crippen LogP) is 7.04. The molecular formula is C25H44O2S. The van der Waals surface area contributed by atoms with Crippen molar-refractivity contribution < 1.29 is 9.84 Å². The zero-order chi connectivity index (χ0) is 20.1. The van der Waals surface area contributed by atoms with Crippen LogP contribution in [0.4, 0.5) is 0 Å². The molecule has 0 saturated carbocycles. The van der Waals surface area contributed by atoms with Gasteiger partial charge in [0.25, 0.3) is 0 Å². The van der Waals surface area contributed by atoms with Crippen molar-refractivity contribution in [3.63, 3.8) is 0 Å². The average molecular weight is 409 g/mol. The number of unbranched alkanes of at least 4 members (excludes halogenated alkanes) is 10. The summed E-state index contributed by atoms with van der Waals surface area (Å²) >= 11 is 1.93. The van der Waals surface area contributed by atoms with E-state index in [4.69, 9.17) is 4.74 Å². The number of hydrogen-bond acceptors (Lipinski definition) is 3. The summed E-state index contributed by atoms with van der Waals surface area (Å²) < 4.78 is 5.86. The molecule has 162 valence electrons. The first-order valence-electron chi connectivity index (χ1n) is 11.7. The Labute approximate surface area is 178 Å². The summed E-state index contributed by atoms with van der Waals surface area (Å²) in [7, 11) is 0. The van der Waals surface area contributed by atoms with Crippen LogP contribution in [0.25, 0.3) is 0 Å². The molecule has 0 amide bonds. The number of aryl methyl sites for hydroxylation is 1. The molecule has 0 aromatic heterocycles. The second-order valence-electron chi connectivity index (χ2n) is 7.87. The Balaban J connectivity index is 1.85. The molecule has 0 aliphatic heterocycles. The molecule has 1 aromatic rings. The highest BCUT2D eigenvalue weighted by Gasteiger charge is 2.07. The molecule has 1 unspecified atom stereocenters. The minimum Gasteiger partial charge on any atom is -0.394 e. The van der Waals surface area contributed by atoms with E-state index in [1.54, 1.807) is 0 Å². The standard InChI is InChI=1S/C25H44O2S/c1-2-3-4-5-6-7-9-15-20-27-25(22-26)23-28-21-16-10-8-12-17-24-18-13-11-14-19-24/h11,13-14,18-19,25-26H,2-10,12,15-17,20-23H2,1H3. The Morgan fingerprint density at radius 3 is 2.18 bits per heavy atom. The lowest BCUT2D eigenvalue weighted by Gasteiger charge is -2.15. The van der Waals surface area contributed by atoms with Crippen molar-refractivity contribution in [2.45, 2.75) is 96.5 Å². The maximum Gasteiger partial charge on any atom is 0.0895 e. The van der Waals surface area contributed by atoms with Gasteiger partial charge in [-0.1, -0.05) is 95.0 Å². The maximum atomic E-state index is 9.49. The molecule has 3 heteroatoms. The zero-order valence-electron chi connectivity index (χ0n) is 18.2. The quantitative estimate of drug-likeness (QED) is 0.235. The Bertz CT molecular complexity index is 424. The van der Waals surface area contributed by atoms with Crippen LogP contribution in [0.3, 0.4) is 0 Å². The van der Waals surface area contributed by atoms with Gasteiger partial charge < -0.3 is 9.84 Å². The molecule has 0 radical (unpaired) electrons. The van der Waals surface area contributed by atoms with Crippen LogP contribution in [0.2, 0.25) is 0 Å². The molecule has 0 spiro atoms. The van der Waals surface area contributed by atoms with E-state index in [0.717, 1.165) is 18.8 Å². The third kappa shape index (κ3) is 15.4. The molecule has 0 saturated heterocycles. The average Bonchev–Trinajstić information content (AvgIpc) is 2.73. The minimum atomic E-state index is 0.0210. The molecule has 2 nitrogen and oxygen atoms in total. The topological polar surface area (TPSA) is 29.5 Å². The van der Waals surface area contributed by atoms with Gasteiger partial charge in [-0.2, -0.15) is 11.8 Å². The second-order valence-corrected chi connectivity index (χ2v) is 9.02. The van der Waals surface area contributed by atoms with Gasteiger partial charge in [0.05, 0.1) is 12.7 Å². The Morgan fingerprint density at radius 1 is 0.821 bits per heavy atom. The Morgan fingerprint density at radius 2 is 1.46 bits per heavy atom. The molecule has 0 fully saturated rings. The highest BCUT2D eigenvalue weighted by atomic mass is 32.2. The van der Waals surface area contributed by atoms with Crippen molar-refractivity contribution in [3.8, 4) is 0 Å². The molecule has 0 heterocycles. The van der Waals surface area contributed by atoms with Crippen LogP contribution < -0.4 is 0 Å². The third-order valence-electron chi connectivity index (χ3n) is 5.21. The van der Waals surface area contributed by atoms with Gasteiger partial charge in [0, 0.05) is 12.4 Å². The number of ether oxygens (including phenoxy) is 1. The molecular weight excluding hydrogens is 364 g/mol. The molecule has 1 N–H and O–H groups in total. The van der Waals surface area contributed by atoms with Gasteiger partial charge in [0.1, 0.15) is 0 Å². The fraction of sp³-hybridized carbons (Fsp3) is 0.760. The van der Waals surface area contributed by atoms with Gasteiger partial charge in [-0.3, -0.25) is 0 Å². The van der Waals surface area contributed by atoms with Crippen molar-refractivity contribution >= 4 is 11.8 Å². The van der Waals surface area contributed by atoms with E-state index >= 15 is 0 Å². The van der Waals surface area contributed by atoms with Crippen molar-refractivity contribution in [2.24, 2.45) is 0 Å². The molecule has 1 atom stereocenters. The van der Waals surface area contributed by atoms with Crippen molar-refractivity contribution in [3.05, 3.63) is 35.9 Å². The lowest BCUT2D eigenvalue weighted by Crippen LogP contribution is -2.21. The van der Waals surface area contributed by atoms with Gasteiger partial charge in [-0.15, -0.1) is 0 Å². The van der Waals surface area contributed by atoms with Crippen LogP contribution in [-0.4, -0.2) is 35.9 Å². The molecule has 0 bridgehead atoms. The van der Waals surface area contributed by atoms with Crippen LogP contribution in [0.1, 0.15) is 89.5 Å². The number of rotatable bonds is 20. The Kier molecular flexibility index (Phi) is 18.0. The lowest BCUT2D eigenvalue weighted by molar-refractivity contribution is 0.0260. The monoisotopic (exact) mass is 408 g/mol. The van der Waals surface area contributed by atoms with E-state index in [1.807, 2.05) is 11.8 Å². The number of thioether (sulfide) groups is 1. The molecule has 28 heavy (non-hydrogen) atoms. The van der Waals surface area contributed by atoms with Gasteiger partial charge in [-0.05, 0) is 37.0 Å². The zero-order valence-corrected chi connectivity index (χ0v) is 19.1. The second kappa shape index (κ2) is 19.8. The normalized spacial score (nSPS) is 12.4. The van der Waals surface area contributed by atoms with Crippen LogP contribution in [0.15, 0.2) is 30.3 Å². The summed E-state index contributed by atoms with van der Waals surface area (Å²) in [5, 5.41) is 9.49. The molecule has 0 aliphatic carbocycles. The Hall–Kier alpha value is -0.510. The third-order valence-corrected chi connectivity index (χ3v) is 6.39. The highest BCUT2D eigenvalue weighted by molar-refractivity contribution is 7.99. The summed E-state index contributed by atoms with van der Waals surface area (Å²) in [4.78, 5) is 0. The van der Waals surface area contributed by atoms with Crippen LogP contribution >= 0.6 is 11.8 Å². The fourth-order valence-electron chi connectivity index (χ4n) is 3.39. The predicted molar refractivity (Wildman–Crippen MR) is 125 cm³/mol. The number of hydrogen-bond donors (Lipinski definition) is 1. The van der Waals surface area contributed by atoms with Crippen LogP contribution in [0.5, 0.6) is 0 Å². The van der Waals surface area contributed by atoms with E-state index in [2.05, 4.69) is 37.3 Å². The number of benzene rings is 1. The maximum absolute atomic E-state index is 9.49. The van der Waals surface area contributed by atoms with E-state index in [-0.39, 0.29) is 12.7 Å².